The SMILES string of the molecule is CCCCCCCCCCNCCCC1CCC1. The van der Waals surface area contributed by atoms with Crippen molar-refractivity contribution in [3.63, 3.8) is 0 Å². The van der Waals surface area contributed by atoms with Gasteiger partial charge in [-0.15, -0.1) is 0 Å². The van der Waals surface area contributed by atoms with Crippen molar-refractivity contribution in [3.05, 3.63) is 0 Å². The van der Waals surface area contributed by atoms with Crippen LogP contribution in [0.4, 0.5) is 0 Å². The van der Waals surface area contributed by atoms with Gasteiger partial charge in [-0.25, -0.2) is 0 Å². The molecule has 1 N–H and O–H groups in total. The molecule has 0 saturated heterocycles. The molecular weight excluding hydrogens is 218 g/mol. The fraction of sp³-hybridized carbons (Fsp3) is 1.00. The van der Waals surface area contributed by atoms with E-state index in [9.17, 15) is 0 Å². The van der Waals surface area contributed by atoms with Gasteiger partial charge in [0.1, 0.15) is 0 Å². The van der Waals surface area contributed by atoms with Crippen molar-refractivity contribution in [2.24, 2.45) is 5.92 Å². The van der Waals surface area contributed by atoms with Crippen LogP contribution in [-0.2, 0) is 0 Å². The molecule has 0 spiro atoms. The predicted octanol–water partition coefficient (Wildman–Crippen LogP) is 5.30. The summed E-state index contributed by atoms with van der Waals surface area (Å²) in [4.78, 5) is 0. The smallest absolute Gasteiger partial charge is 0.00488 e. The van der Waals surface area contributed by atoms with Gasteiger partial charge in [-0.2, -0.15) is 0 Å². The Morgan fingerprint density at radius 1 is 0.778 bits per heavy atom. The number of nitrogens with one attached hydrogen (secondary N) is 1. The molecular formula is C17H35N. The third-order valence-corrected chi connectivity index (χ3v) is 4.40. The third kappa shape index (κ3) is 8.97. The zero-order valence-corrected chi connectivity index (χ0v) is 12.7. The Labute approximate surface area is 115 Å². The summed E-state index contributed by atoms with van der Waals surface area (Å²) >= 11 is 0. The van der Waals surface area contributed by atoms with Gasteiger partial charge >= 0.3 is 0 Å². The molecule has 18 heavy (non-hydrogen) atoms. The van der Waals surface area contributed by atoms with Crippen LogP contribution in [-0.4, -0.2) is 13.1 Å². The second-order valence-electron chi connectivity index (χ2n) is 6.16. The van der Waals surface area contributed by atoms with Gasteiger partial charge in [-0.3, -0.25) is 0 Å². The first kappa shape index (κ1) is 16.0. The molecule has 0 heterocycles. The van der Waals surface area contributed by atoms with Gasteiger partial charge in [-0.05, 0) is 38.3 Å². The molecule has 108 valence electrons. The molecule has 1 fully saturated rings. The standard InChI is InChI=1S/C17H35N/c1-2-3-4-5-6-7-8-9-15-18-16-11-14-17-12-10-13-17/h17-18H,2-16H2,1H3. The van der Waals surface area contributed by atoms with Crippen LogP contribution < -0.4 is 5.32 Å². The molecule has 0 aromatic carbocycles. The van der Waals surface area contributed by atoms with E-state index in [4.69, 9.17) is 0 Å². The van der Waals surface area contributed by atoms with E-state index in [0.717, 1.165) is 5.92 Å². The molecule has 1 aliphatic rings. The second kappa shape index (κ2) is 12.0. The quantitative estimate of drug-likeness (QED) is 0.439. The maximum atomic E-state index is 3.60. The number of unbranched alkanes of at least 4 members (excludes halogenated alkanes) is 7. The van der Waals surface area contributed by atoms with E-state index < -0.39 is 0 Å². The van der Waals surface area contributed by atoms with E-state index >= 15 is 0 Å². The molecule has 1 aliphatic carbocycles. The molecule has 1 nitrogen and oxygen atoms in total. The predicted molar refractivity (Wildman–Crippen MR) is 82.1 cm³/mol. The first-order chi connectivity index (χ1) is 8.93. The number of hydrogen-bond acceptors (Lipinski definition) is 1. The first-order valence-electron chi connectivity index (χ1n) is 8.64. The summed E-state index contributed by atoms with van der Waals surface area (Å²) in [5.41, 5.74) is 0. The van der Waals surface area contributed by atoms with Gasteiger partial charge in [0.2, 0.25) is 0 Å². The Hall–Kier alpha value is -0.0400. The zero-order chi connectivity index (χ0) is 12.9. The van der Waals surface area contributed by atoms with Gasteiger partial charge < -0.3 is 5.32 Å². The number of rotatable bonds is 13. The van der Waals surface area contributed by atoms with Gasteiger partial charge in [0.15, 0.2) is 0 Å². The lowest BCUT2D eigenvalue weighted by Gasteiger charge is -2.25. The summed E-state index contributed by atoms with van der Waals surface area (Å²) in [7, 11) is 0. The van der Waals surface area contributed by atoms with E-state index in [2.05, 4.69) is 12.2 Å². The van der Waals surface area contributed by atoms with Crippen LogP contribution in [0.3, 0.4) is 0 Å². The van der Waals surface area contributed by atoms with Crippen LogP contribution in [0.5, 0.6) is 0 Å². The minimum atomic E-state index is 1.09. The maximum absolute atomic E-state index is 3.60. The van der Waals surface area contributed by atoms with Gasteiger partial charge in [0, 0.05) is 0 Å². The normalized spacial score (nSPS) is 15.8. The van der Waals surface area contributed by atoms with Crippen LogP contribution in [0.1, 0.15) is 90.4 Å². The minimum Gasteiger partial charge on any atom is -0.317 e. The van der Waals surface area contributed by atoms with Crippen LogP contribution in [0, 0.1) is 5.92 Å². The molecule has 0 radical (unpaired) electrons. The Morgan fingerprint density at radius 3 is 2.00 bits per heavy atom. The molecule has 0 atom stereocenters. The summed E-state index contributed by atoms with van der Waals surface area (Å²) in [6.45, 7) is 4.79. The van der Waals surface area contributed by atoms with Crippen molar-refractivity contribution in [3.8, 4) is 0 Å². The van der Waals surface area contributed by atoms with E-state index in [1.165, 1.54) is 96.6 Å². The lowest BCUT2D eigenvalue weighted by molar-refractivity contribution is 0.288. The fourth-order valence-electron chi connectivity index (χ4n) is 2.81. The van der Waals surface area contributed by atoms with Crippen molar-refractivity contribution in [2.45, 2.75) is 90.4 Å². The fourth-order valence-corrected chi connectivity index (χ4v) is 2.81. The highest BCUT2D eigenvalue weighted by molar-refractivity contribution is 4.69. The average molecular weight is 253 g/mol. The molecule has 0 aliphatic heterocycles. The van der Waals surface area contributed by atoms with E-state index in [-0.39, 0.29) is 0 Å². The monoisotopic (exact) mass is 253 g/mol. The van der Waals surface area contributed by atoms with Crippen LogP contribution in [0.25, 0.3) is 0 Å². The molecule has 0 unspecified atom stereocenters. The molecule has 1 saturated carbocycles. The van der Waals surface area contributed by atoms with Crippen LogP contribution in [0.2, 0.25) is 0 Å². The topological polar surface area (TPSA) is 12.0 Å². The van der Waals surface area contributed by atoms with Crippen molar-refractivity contribution in [2.75, 3.05) is 13.1 Å². The van der Waals surface area contributed by atoms with Crippen molar-refractivity contribution >= 4 is 0 Å². The van der Waals surface area contributed by atoms with Crippen molar-refractivity contribution in [1.29, 1.82) is 0 Å². The summed E-state index contributed by atoms with van der Waals surface area (Å²) in [5.74, 6) is 1.09. The lowest BCUT2D eigenvalue weighted by Crippen LogP contribution is -2.19. The molecule has 0 bridgehead atoms. The first-order valence-corrected chi connectivity index (χ1v) is 8.64. The zero-order valence-electron chi connectivity index (χ0n) is 12.7. The minimum absolute atomic E-state index is 1.09. The largest absolute Gasteiger partial charge is 0.317 e. The Bertz CT molecular complexity index is 163. The summed E-state index contributed by atoms with van der Waals surface area (Å²) in [5, 5.41) is 3.60. The average Bonchev–Trinajstić information content (AvgIpc) is 2.33. The molecule has 1 heteroatoms. The van der Waals surface area contributed by atoms with Gasteiger partial charge in [-0.1, -0.05) is 71.1 Å². The summed E-state index contributed by atoms with van der Waals surface area (Å²) in [6, 6.07) is 0. The molecule has 1 rings (SSSR count). The van der Waals surface area contributed by atoms with Gasteiger partial charge in [0.05, 0.1) is 0 Å². The van der Waals surface area contributed by atoms with Crippen molar-refractivity contribution < 1.29 is 0 Å². The molecule has 0 aromatic rings. The van der Waals surface area contributed by atoms with Gasteiger partial charge in [0.25, 0.3) is 0 Å². The van der Waals surface area contributed by atoms with E-state index in [0.29, 0.717) is 0 Å². The number of hydrogen-bond donors (Lipinski definition) is 1. The van der Waals surface area contributed by atoms with E-state index in [1.54, 1.807) is 0 Å². The van der Waals surface area contributed by atoms with E-state index in [1.807, 2.05) is 0 Å². The highest BCUT2D eigenvalue weighted by Gasteiger charge is 2.15. The Kier molecular flexibility index (Phi) is 10.7. The third-order valence-electron chi connectivity index (χ3n) is 4.40. The highest BCUT2D eigenvalue weighted by atomic mass is 14.8. The summed E-state index contributed by atoms with van der Waals surface area (Å²) in [6.07, 6.45) is 18.8. The molecule has 0 amide bonds. The van der Waals surface area contributed by atoms with Crippen LogP contribution in [0.15, 0.2) is 0 Å². The van der Waals surface area contributed by atoms with Crippen LogP contribution >= 0.6 is 0 Å². The van der Waals surface area contributed by atoms with Crippen molar-refractivity contribution in [1.82, 2.24) is 5.32 Å². The Balaban J connectivity index is 1.63. The maximum Gasteiger partial charge on any atom is -0.00488 e. The lowest BCUT2D eigenvalue weighted by atomic mass is 9.82. The summed E-state index contributed by atoms with van der Waals surface area (Å²) < 4.78 is 0. The molecule has 0 aromatic heterocycles. The highest BCUT2D eigenvalue weighted by Crippen LogP contribution is 2.29. The second-order valence-corrected chi connectivity index (χ2v) is 6.16. The Morgan fingerprint density at radius 2 is 1.39 bits per heavy atom.